The van der Waals surface area contributed by atoms with Gasteiger partial charge in [-0.25, -0.2) is 10.8 Å². The van der Waals surface area contributed by atoms with Crippen molar-refractivity contribution in [2.75, 3.05) is 7.11 Å². The molecule has 3 N–H and O–H groups in total. The van der Waals surface area contributed by atoms with Gasteiger partial charge in [-0.3, -0.25) is 0 Å². The number of benzene rings is 2. The minimum Gasteiger partial charge on any atom is -0.369 e. The van der Waals surface area contributed by atoms with Crippen LogP contribution in [0.25, 0.3) is 0 Å². The molecule has 98 valence electrons. The molecule has 0 aliphatic carbocycles. The summed E-state index contributed by atoms with van der Waals surface area (Å²) in [5.41, 5.74) is 4.45. The molecule has 2 aromatic rings. The summed E-state index contributed by atoms with van der Waals surface area (Å²) in [6.45, 7) is 0. The van der Waals surface area contributed by atoms with Gasteiger partial charge in [-0.05, 0) is 17.7 Å². The van der Waals surface area contributed by atoms with Crippen LogP contribution in [0.2, 0.25) is 0 Å². The minimum absolute atomic E-state index is 0.314. The maximum absolute atomic E-state index is 5.57. The Morgan fingerprint density at radius 2 is 1.63 bits per heavy atom. The zero-order valence-corrected chi connectivity index (χ0v) is 10.8. The van der Waals surface area contributed by atoms with Gasteiger partial charge in [0.05, 0.1) is 5.69 Å². The van der Waals surface area contributed by atoms with Gasteiger partial charge < -0.3 is 10.2 Å². The van der Waals surface area contributed by atoms with Crippen LogP contribution in [0.3, 0.4) is 0 Å². The summed E-state index contributed by atoms with van der Waals surface area (Å²) in [5, 5.41) is 0. The second-order valence-electron chi connectivity index (χ2n) is 4.00. The number of nitrogens with one attached hydrogen (secondary N) is 1. The van der Waals surface area contributed by atoms with E-state index in [1.165, 1.54) is 0 Å². The molecule has 0 spiro atoms. The standard InChI is InChI=1S/C15H17N3O/c1-19-14(12-8-4-2-5-9-12)15(18-16)17-13-10-6-3-7-11-13/h2-11,14H,16H2,1H3,(H,17,18). The van der Waals surface area contributed by atoms with Crippen molar-refractivity contribution in [3.8, 4) is 0 Å². The first-order valence-corrected chi connectivity index (χ1v) is 6.03. The molecule has 2 rings (SSSR count). The normalized spacial score (nSPS) is 13.1. The molecule has 0 fully saturated rings. The fourth-order valence-corrected chi connectivity index (χ4v) is 1.84. The fraction of sp³-hybridized carbons (Fsp3) is 0.133. The predicted octanol–water partition coefficient (Wildman–Crippen LogP) is 2.57. The van der Waals surface area contributed by atoms with Crippen LogP contribution in [0.15, 0.2) is 65.7 Å². The predicted molar refractivity (Wildman–Crippen MR) is 77.1 cm³/mol. The minimum atomic E-state index is -0.314. The molecule has 1 atom stereocenters. The SMILES string of the molecule is COC(C(=Nc1ccccc1)NN)c1ccccc1. The molecule has 4 heteroatoms. The third kappa shape index (κ3) is 3.40. The molecule has 0 aliphatic heterocycles. The third-order valence-electron chi connectivity index (χ3n) is 2.74. The monoisotopic (exact) mass is 255 g/mol. The molecule has 19 heavy (non-hydrogen) atoms. The van der Waals surface area contributed by atoms with Crippen LogP contribution in [-0.4, -0.2) is 12.9 Å². The van der Waals surface area contributed by atoms with Gasteiger partial charge in [0.25, 0.3) is 0 Å². The van der Waals surface area contributed by atoms with E-state index in [0.29, 0.717) is 5.84 Å². The van der Waals surface area contributed by atoms with E-state index in [0.717, 1.165) is 11.3 Å². The van der Waals surface area contributed by atoms with Crippen molar-refractivity contribution >= 4 is 11.5 Å². The summed E-state index contributed by atoms with van der Waals surface area (Å²) in [4.78, 5) is 4.48. The highest BCUT2D eigenvalue weighted by atomic mass is 16.5. The highest BCUT2D eigenvalue weighted by Crippen LogP contribution is 2.20. The smallest absolute Gasteiger partial charge is 0.150 e. The van der Waals surface area contributed by atoms with Crippen LogP contribution in [0.4, 0.5) is 5.69 Å². The average molecular weight is 255 g/mol. The highest BCUT2D eigenvalue weighted by molar-refractivity contribution is 5.89. The number of nitrogens with two attached hydrogens (primary N) is 1. The number of rotatable bonds is 4. The summed E-state index contributed by atoms with van der Waals surface area (Å²) in [6, 6.07) is 19.5. The van der Waals surface area contributed by atoms with Crippen molar-refractivity contribution in [3.63, 3.8) is 0 Å². The van der Waals surface area contributed by atoms with E-state index in [4.69, 9.17) is 10.6 Å². The van der Waals surface area contributed by atoms with Crippen LogP contribution < -0.4 is 11.3 Å². The van der Waals surface area contributed by atoms with E-state index in [-0.39, 0.29) is 6.10 Å². The molecular formula is C15H17N3O. The molecule has 4 nitrogen and oxygen atoms in total. The molecule has 0 radical (unpaired) electrons. The number of hydrazine groups is 1. The Morgan fingerprint density at radius 1 is 1.05 bits per heavy atom. The largest absolute Gasteiger partial charge is 0.369 e. The number of aliphatic imine (C=N–C) groups is 1. The van der Waals surface area contributed by atoms with Crippen molar-refractivity contribution in [3.05, 3.63) is 66.2 Å². The van der Waals surface area contributed by atoms with Crippen LogP contribution in [0.1, 0.15) is 11.7 Å². The fourth-order valence-electron chi connectivity index (χ4n) is 1.84. The molecule has 0 saturated carbocycles. The first kappa shape index (κ1) is 13.3. The zero-order chi connectivity index (χ0) is 13.5. The molecule has 0 aromatic heterocycles. The van der Waals surface area contributed by atoms with Gasteiger partial charge in [0, 0.05) is 7.11 Å². The molecule has 2 aromatic carbocycles. The van der Waals surface area contributed by atoms with Crippen LogP contribution >= 0.6 is 0 Å². The Hall–Kier alpha value is -2.17. The Balaban J connectivity index is 2.32. The second-order valence-corrected chi connectivity index (χ2v) is 4.00. The van der Waals surface area contributed by atoms with Gasteiger partial charge in [-0.1, -0.05) is 48.5 Å². The van der Waals surface area contributed by atoms with E-state index >= 15 is 0 Å². The molecule has 0 heterocycles. The topological polar surface area (TPSA) is 59.6 Å². The van der Waals surface area contributed by atoms with Gasteiger partial charge in [0.1, 0.15) is 6.10 Å². The number of hydrogen-bond donors (Lipinski definition) is 2. The van der Waals surface area contributed by atoms with E-state index in [1.807, 2.05) is 60.7 Å². The maximum Gasteiger partial charge on any atom is 0.150 e. The van der Waals surface area contributed by atoms with E-state index in [2.05, 4.69) is 10.4 Å². The lowest BCUT2D eigenvalue weighted by atomic mass is 10.1. The zero-order valence-electron chi connectivity index (χ0n) is 10.8. The Morgan fingerprint density at radius 3 is 2.16 bits per heavy atom. The first-order valence-electron chi connectivity index (χ1n) is 6.03. The van der Waals surface area contributed by atoms with Crippen molar-refractivity contribution in [2.45, 2.75) is 6.10 Å². The lowest BCUT2D eigenvalue weighted by molar-refractivity contribution is 0.155. The lowest BCUT2D eigenvalue weighted by Crippen LogP contribution is -2.35. The van der Waals surface area contributed by atoms with E-state index in [1.54, 1.807) is 7.11 Å². The van der Waals surface area contributed by atoms with Crippen molar-refractivity contribution in [1.82, 2.24) is 5.43 Å². The molecule has 0 aliphatic rings. The summed E-state index contributed by atoms with van der Waals surface area (Å²) >= 11 is 0. The Labute approximate surface area is 112 Å². The average Bonchev–Trinajstić information content (AvgIpc) is 2.49. The van der Waals surface area contributed by atoms with E-state index in [9.17, 15) is 0 Å². The quantitative estimate of drug-likeness (QED) is 0.382. The summed E-state index contributed by atoms with van der Waals surface area (Å²) < 4.78 is 5.49. The summed E-state index contributed by atoms with van der Waals surface area (Å²) in [6.07, 6.45) is -0.314. The van der Waals surface area contributed by atoms with Crippen molar-refractivity contribution < 1.29 is 4.74 Å². The Bertz CT molecular complexity index is 526. The van der Waals surface area contributed by atoms with Gasteiger partial charge in [-0.15, -0.1) is 0 Å². The number of methoxy groups -OCH3 is 1. The number of para-hydroxylation sites is 1. The number of amidine groups is 1. The Kier molecular flexibility index (Phi) is 4.66. The molecule has 0 bridgehead atoms. The van der Waals surface area contributed by atoms with Gasteiger partial charge in [0.15, 0.2) is 5.84 Å². The molecule has 0 amide bonds. The van der Waals surface area contributed by atoms with Crippen LogP contribution in [0.5, 0.6) is 0 Å². The summed E-state index contributed by atoms with van der Waals surface area (Å²) in [5.74, 6) is 6.14. The lowest BCUT2D eigenvalue weighted by Gasteiger charge is -2.17. The molecular weight excluding hydrogens is 238 g/mol. The van der Waals surface area contributed by atoms with Gasteiger partial charge >= 0.3 is 0 Å². The number of ether oxygens (including phenoxy) is 1. The van der Waals surface area contributed by atoms with Gasteiger partial charge in [-0.2, -0.15) is 0 Å². The van der Waals surface area contributed by atoms with Crippen LogP contribution in [-0.2, 0) is 4.74 Å². The van der Waals surface area contributed by atoms with Crippen molar-refractivity contribution in [2.24, 2.45) is 10.8 Å². The van der Waals surface area contributed by atoms with Crippen LogP contribution in [0, 0.1) is 0 Å². The first-order chi connectivity index (χ1) is 9.35. The molecule has 0 saturated heterocycles. The molecule has 1 unspecified atom stereocenters. The maximum atomic E-state index is 5.57. The number of hydrogen-bond acceptors (Lipinski definition) is 3. The van der Waals surface area contributed by atoms with Gasteiger partial charge in [0.2, 0.25) is 0 Å². The van der Waals surface area contributed by atoms with E-state index < -0.39 is 0 Å². The third-order valence-corrected chi connectivity index (χ3v) is 2.74. The summed E-state index contributed by atoms with van der Waals surface area (Å²) in [7, 11) is 1.63. The number of nitrogens with zero attached hydrogens (tertiary/aromatic N) is 1. The second kappa shape index (κ2) is 6.68. The van der Waals surface area contributed by atoms with Crippen molar-refractivity contribution in [1.29, 1.82) is 0 Å². The highest BCUT2D eigenvalue weighted by Gasteiger charge is 2.16.